The summed E-state index contributed by atoms with van der Waals surface area (Å²) in [7, 11) is 0. The van der Waals surface area contributed by atoms with Crippen LogP contribution in [0.3, 0.4) is 0 Å². The number of nitrogens with one attached hydrogen (secondary N) is 1. The molecule has 0 fully saturated rings. The van der Waals surface area contributed by atoms with Crippen molar-refractivity contribution in [1.82, 2.24) is 10.2 Å². The molecule has 0 radical (unpaired) electrons. The van der Waals surface area contributed by atoms with E-state index in [4.69, 9.17) is 0 Å². The van der Waals surface area contributed by atoms with E-state index >= 15 is 0 Å². The highest BCUT2D eigenvalue weighted by Gasteiger charge is 2.15. The van der Waals surface area contributed by atoms with Gasteiger partial charge in [-0.1, -0.05) is 29.8 Å². The van der Waals surface area contributed by atoms with Crippen LogP contribution in [-0.2, 0) is 12.8 Å². The molecule has 1 aromatic heterocycles. The molecule has 0 aliphatic carbocycles. The number of aryl methyl sites for hydroxylation is 1. The van der Waals surface area contributed by atoms with Gasteiger partial charge in [-0.3, -0.25) is 0 Å². The SMILES string of the molecule is CCc1nnc(Nc2ccc(Br)cc2Br)c(C#N)c1CC. The molecule has 1 N–H and O–H groups in total. The van der Waals surface area contributed by atoms with Crippen LogP contribution >= 0.6 is 31.9 Å². The summed E-state index contributed by atoms with van der Waals surface area (Å²) in [6.45, 7) is 4.04. The first-order valence-electron chi connectivity index (χ1n) is 6.61. The molecule has 0 amide bonds. The predicted molar refractivity (Wildman–Crippen MR) is 90.6 cm³/mol. The first-order chi connectivity index (χ1) is 10.1. The normalized spacial score (nSPS) is 10.2. The van der Waals surface area contributed by atoms with Crippen LogP contribution in [0.5, 0.6) is 0 Å². The Balaban J connectivity index is 2.47. The van der Waals surface area contributed by atoms with Crippen molar-refractivity contribution in [3.63, 3.8) is 0 Å². The van der Waals surface area contributed by atoms with E-state index in [-0.39, 0.29) is 0 Å². The molecule has 0 spiro atoms. The molecule has 1 heterocycles. The molecule has 21 heavy (non-hydrogen) atoms. The van der Waals surface area contributed by atoms with Crippen molar-refractivity contribution in [2.45, 2.75) is 26.7 Å². The Morgan fingerprint density at radius 1 is 1.19 bits per heavy atom. The second kappa shape index (κ2) is 7.01. The fourth-order valence-electron chi connectivity index (χ4n) is 2.10. The minimum atomic E-state index is 0.495. The van der Waals surface area contributed by atoms with Crippen molar-refractivity contribution in [1.29, 1.82) is 5.26 Å². The molecule has 0 saturated carbocycles. The Bertz CT molecular complexity index is 708. The number of halogens is 2. The molecule has 1 aromatic carbocycles. The fraction of sp³-hybridized carbons (Fsp3) is 0.267. The zero-order valence-electron chi connectivity index (χ0n) is 11.7. The van der Waals surface area contributed by atoms with Gasteiger partial charge in [0, 0.05) is 8.95 Å². The van der Waals surface area contributed by atoms with Gasteiger partial charge in [-0.15, -0.1) is 5.10 Å². The number of hydrogen-bond donors (Lipinski definition) is 1. The van der Waals surface area contributed by atoms with Gasteiger partial charge >= 0.3 is 0 Å². The topological polar surface area (TPSA) is 61.6 Å². The standard InChI is InChI=1S/C15H14Br2N4/c1-3-10-11(8-18)15(21-20-13(10)4-2)19-14-6-5-9(16)7-12(14)17/h5-7H,3-4H2,1-2H3,(H,19,21). The number of nitriles is 1. The van der Waals surface area contributed by atoms with E-state index in [2.05, 4.69) is 53.4 Å². The molecule has 0 aliphatic heterocycles. The van der Waals surface area contributed by atoms with Crippen LogP contribution in [0.4, 0.5) is 11.5 Å². The average molecular weight is 410 g/mol. The smallest absolute Gasteiger partial charge is 0.171 e. The molecule has 4 nitrogen and oxygen atoms in total. The number of aromatic nitrogens is 2. The number of hydrogen-bond acceptors (Lipinski definition) is 4. The van der Waals surface area contributed by atoms with Gasteiger partial charge in [0.15, 0.2) is 5.82 Å². The van der Waals surface area contributed by atoms with E-state index in [9.17, 15) is 5.26 Å². The lowest BCUT2D eigenvalue weighted by Gasteiger charge is -2.13. The third-order valence-corrected chi connectivity index (χ3v) is 4.29. The highest BCUT2D eigenvalue weighted by molar-refractivity contribution is 9.11. The van der Waals surface area contributed by atoms with Crippen molar-refractivity contribution < 1.29 is 0 Å². The van der Waals surface area contributed by atoms with Crippen molar-refractivity contribution >= 4 is 43.4 Å². The summed E-state index contributed by atoms with van der Waals surface area (Å²) in [5.41, 5.74) is 3.26. The summed E-state index contributed by atoms with van der Waals surface area (Å²) in [5, 5.41) is 21.0. The van der Waals surface area contributed by atoms with E-state index in [0.29, 0.717) is 11.4 Å². The highest BCUT2D eigenvalue weighted by Crippen LogP contribution is 2.30. The summed E-state index contributed by atoms with van der Waals surface area (Å²) in [6, 6.07) is 8.02. The minimum Gasteiger partial charge on any atom is -0.337 e. The maximum atomic E-state index is 9.46. The molecular weight excluding hydrogens is 396 g/mol. The van der Waals surface area contributed by atoms with E-state index in [1.807, 2.05) is 32.0 Å². The lowest BCUT2D eigenvalue weighted by Crippen LogP contribution is -2.07. The van der Waals surface area contributed by atoms with Gasteiger partial charge in [0.1, 0.15) is 11.6 Å². The van der Waals surface area contributed by atoms with Crippen LogP contribution in [0.1, 0.15) is 30.7 Å². The molecule has 2 aromatic rings. The van der Waals surface area contributed by atoms with E-state index in [0.717, 1.165) is 38.7 Å². The molecule has 108 valence electrons. The van der Waals surface area contributed by atoms with Crippen LogP contribution in [-0.4, -0.2) is 10.2 Å². The van der Waals surface area contributed by atoms with Crippen LogP contribution in [0.25, 0.3) is 0 Å². The van der Waals surface area contributed by atoms with E-state index in [1.54, 1.807) is 0 Å². The van der Waals surface area contributed by atoms with Crippen molar-refractivity contribution in [3.8, 4) is 6.07 Å². The second-order valence-corrected chi connectivity index (χ2v) is 6.19. The largest absolute Gasteiger partial charge is 0.337 e. The summed E-state index contributed by atoms with van der Waals surface area (Å²) in [4.78, 5) is 0. The third kappa shape index (κ3) is 3.42. The zero-order chi connectivity index (χ0) is 15.4. The predicted octanol–water partition coefficient (Wildman–Crippen LogP) is 4.74. The van der Waals surface area contributed by atoms with Crippen LogP contribution in [0.2, 0.25) is 0 Å². The Morgan fingerprint density at radius 2 is 1.95 bits per heavy atom. The Morgan fingerprint density at radius 3 is 2.52 bits per heavy atom. The van der Waals surface area contributed by atoms with Crippen molar-refractivity contribution in [2.24, 2.45) is 0 Å². The first kappa shape index (κ1) is 15.9. The summed E-state index contributed by atoms with van der Waals surface area (Å²) < 4.78 is 1.86. The maximum absolute atomic E-state index is 9.46. The Kier molecular flexibility index (Phi) is 5.32. The molecule has 0 aliphatic rings. The molecule has 2 rings (SSSR count). The van der Waals surface area contributed by atoms with Gasteiger partial charge in [-0.25, -0.2) is 0 Å². The van der Waals surface area contributed by atoms with Crippen LogP contribution in [0.15, 0.2) is 27.1 Å². The fourth-order valence-corrected chi connectivity index (χ4v) is 3.25. The monoisotopic (exact) mass is 408 g/mol. The quantitative estimate of drug-likeness (QED) is 0.791. The third-order valence-electron chi connectivity index (χ3n) is 3.14. The Hall–Kier alpha value is -1.45. The van der Waals surface area contributed by atoms with Gasteiger partial charge in [-0.05, 0) is 52.5 Å². The number of anilines is 2. The summed E-state index contributed by atoms with van der Waals surface area (Å²) in [5.74, 6) is 0.495. The van der Waals surface area contributed by atoms with Gasteiger partial charge < -0.3 is 5.32 Å². The lowest BCUT2D eigenvalue weighted by molar-refractivity contribution is 0.877. The van der Waals surface area contributed by atoms with Crippen LogP contribution < -0.4 is 5.32 Å². The first-order valence-corrected chi connectivity index (χ1v) is 8.19. The number of nitrogens with zero attached hydrogens (tertiary/aromatic N) is 3. The van der Waals surface area contributed by atoms with Gasteiger partial charge in [0.2, 0.25) is 0 Å². The molecular formula is C15H14Br2N4. The summed E-state index contributed by atoms with van der Waals surface area (Å²) in [6.07, 6.45) is 1.53. The number of rotatable bonds is 4. The zero-order valence-corrected chi connectivity index (χ0v) is 14.9. The molecule has 0 unspecified atom stereocenters. The van der Waals surface area contributed by atoms with Crippen molar-refractivity contribution in [2.75, 3.05) is 5.32 Å². The van der Waals surface area contributed by atoms with Crippen molar-refractivity contribution in [3.05, 3.63) is 44.0 Å². The van der Waals surface area contributed by atoms with E-state index < -0.39 is 0 Å². The summed E-state index contributed by atoms with van der Waals surface area (Å²) >= 11 is 6.90. The molecule has 6 heteroatoms. The van der Waals surface area contributed by atoms with Gasteiger partial charge in [-0.2, -0.15) is 10.4 Å². The van der Waals surface area contributed by atoms with E-state index in [1.165, 1.54) is 0 Å². The van der Waals surface area contributed by atoms with Crippen LogP contribution in [0, 0.1) is 11.3 Å². The number of benzene rings is 1. The highest BCUT2D eigenvalue weighted by atomic mass is 79.9. The lowest BCUT2D eigenvalue weighted by atomic mass is 10.0. The Labute approximate surface area is 140 Å². The van der Waals surface area contributed by atoms with Gasteiger partial charge in [0.05, 0.1) is 11.4 Å². The second-order valence-electron chi connectivity index (χ2n) is 4.42. The molecule has 0 saturated heterocycles. The molecule has 0 atom stereocenters. The molecule has 0 bridgehead atoms. The maximum Gasteiger partial charge on any atom is 0.171 e. The minimum absolute atomic E-state index is 0.495. The average Bonchev–Trinajstić information content (AvgIpc) is 2.49. The van der Waals surface area contributed by atoms with Gasteiger partial charge in [0.25, 0.3) is 0 Å².